The van der Waals surface area contributed by atoms with Gasteiger partial charge in [-0.3, -0.25) is 4.79 Å². The Kier molecular flexibility index (Phi) is 4.95. The van der Waals surface area contributed by atoms with E-state index in [9.17, 15) is 4.79 Å². The summed E-state index contributed by atoms with van der Waals surface area (Å²) < 4.78 is 12.5. The molecule has 0 saturated heterocycles. The molecule has 0 fully saturated rings. The lowest BCUT2D eigenvalue weighted by Crippen LogP contribution is -2.24. The predicted octanol–water partition coefficient (Wildman–Crippen LogP) is 3.86. The first kappa shape index (κ1) is 19.4. The number of hydrogen-bond donors (Lipinski definition) is 0. The number of hydrogen-bond acceptors (Lipinski definition) is 6. The van der Waals surface area contributed by atoms with Crippen molar-refractivity contribution in [2.75, 3.05) is 14.2 Å². The van der Waals surface area contributed by atoms with Gasteiger partial charge in [0.1, 0.15) is 5.75 Å². The van der Waals surface area contributed by atoms with Crippen LogP contribution in [0.4, 0.5) is 0 Å². The molecule has 0 aliphatic heterocycles. The molecule has 31 heavy (non-hydrogen) atoms. The summed E-state index contributed by atoms with van der Waals surface area (Å²) in [5, 5.41) is 13.5. The number of methoxy groups -OCH3 is 2. The van der Waals surface area contributed by atoms with E-state index < -0.39 is 0 Å². The van der Waals surface area contributed by atoms with Crippen molar-refractivity contribution in [3.63, 3.8) is 0 Å². The standard InChI is InChI=1S/C24H22N4O3/c1-30-14-19-22(16-8-10-18(31-2)11-9-16)24-26-25-23-20(28(24)27-19)12-17(13-21(23)29)15-6-4-3-5-7-15/h3-11,17H,12-14H2,1-2H3/t17-/m0/s1. The summed E-state index contributed by atoms with van der Waals surface area (Å²) in [6.07, 6.45) is 1.10. The zero-order chi connectivity index (χ0) is 21.4. The van der Waals surface area contributed by atoms with Crippen molar-refractivity contribution in [3.05, 3.63) is 77.2 Å². The zero-order valence-corrected chi connectivity index (χ0v) is 17.4. The van der Waals surface area contributed by atoms with Crippen LogP contribution >= 0.6 is 0 Å². The molecule has 0 saturated carbocycles. The van der Waals surface area contributed by atoms with Crippen molar-refractivity contribution in [2.24, 2.45) is 0 Å². The third-order valence-corrected chi connectivity index (χ3v) is 5.77. The van der Waals surface area contributed by atoms with Gasteiger partial charge in [0.15, 0.2) is 17.1 Å². The molecule has 4 aromatic rings. The van der Waals surface area contributed by atoms with Crippen LogP contribution < -0.4 is 4.74 Å². The highest BCUT2D eigenvalue weighted by Crippen LogP contribution is 2.35. The maximum atomic E-state index is 12.9. The van der Waals surface area contributed by atoms with Gasteiger partial charge >= 0.3 is 0 Å². The Morgan fingerprint density at radius 3 is 2.48 bits per heavy atom. The summed E-state index contributed by atoms with van der Waals surface area (Å²) in [6, 6.07) is 17.9. The molecular formula is C24H22N4O3. The van der Waals surface area contributed by atoms with Crippen LogP contribution in [0.5, 0.6) is 5.75 Å². The van der Waals surface area contributed by atoms with Gasteiger partial charge in [0.05, 0.1) is 30.7 Å². The fourth-order valence-electron chi connectivity index (χ4n) is 4.27. The molecule has 1 aliphatic rings. The van der Waals surface area contributed by atoms with Gasteiger partial charge in [-0.2, -0.15) is 5.10 Å². The third kappa shape index (κ3) is 3.37. The molecular weight excluding hydrogens is 392 g/mol. The van der Waals surface area contributed by atoms with Crippen LogP contribution in [0.3, 0.4) is 0 Å². The van der Waals surface area contributed by atoms with Crippen LogP contribution in [-0.4, -0.2) is 39.8 Å². The van der Waals surface area contributed by atoms with E-state index in [0.717, 1.165) is 33.8 Å². The number of carbonyl (C=O) groups excluding carboxylic acids is 1. The van der Waals surface area contributed by atoms with Gasteiger partial charge in [-0.05, 0) is 35.6 Å². The first-order valence-electron chi connectivity index (χ1n) is 10.2. The number of ketones is 1. The summed E-state index contributed by atoms with van der Waals surface area (Å²) in [5.74, 6) is 0.862. The Bertz CT molecular complexity index is 1250. The topological polar surface area (TPSA) is 78.6 Å². The fourth-order valence-corrected chi connectivity index (χ4v) is 4.27. The molecule has 156 valence electrons. The highest BCUT2D eigenvalue weighted by Gasteiger charge is 2.31. The summed E-state index contributed by atoms with van der Waals surface area (Å²) >= 11 is 0. The number of benzene rings is 2. The molecule has 0 amide bonds. The average molecular weight is 414 g/mol. The van der Waals surface area contributed by atoms with Crippen LogP contribution in [0.1, 0.15) is 39.8 Å². The molecule has 2 aromatic carbocycles. The summed E-state index contributed by atoms with van der Waals surface area (Å²) in [5.41, 5.74) is 5.53. The van der Waals surface area contributed by atoms with Crippen LogP contribution in [0, 0.1) is 0 Å². The second-order valence-electron chi connectivity index (χ2n) is 7.65. The minimum absolute atomic E-state index is 0.000655. The molecule has 0 unspecified atom stereocenters. The number of aromatic nitrogens is 4. The van der Waals surface area contributed by atoms with E-state index >= 15 is 0 Å². The number of nitrogens with zero attached hydrogens (tertiary/aromatic N) is 4. The van der Waals surface area contributed by atoms with Gasteiger partial charge in [0, 0.05) is 13.5 Å². The molecule has 0 bridgehead atoms. The largest absolute Gasteiger partial charge is 0.497 e. The van der Waals surface area contributed by atoms with E-state index in [1.54, 1.807) is 18.7 Å². The molecule has 0 spiro atoms. The lowest BCUT2D eigenvalue weighted by molar-refractivity contribution is 0.0955. The fraction of sp³-hybridized carbons (Fsp3) is 0.250. The predicted molar refractivity (Wildman–Crippen MR) is 115 cm³/mol. The molecule has 0 radical (unpaired) electrons. The number of fused-ring (bicyclic) bond motifs is 3. The van der Waals surface area contributed by atoms with Crippen molar-refractivity contribution >= 4 is 11.4 Å². The molecule has 7 heteroatoms. The Morgan fingerprint density at radius 1 is 1.00 bits per heavy atom. The van der Waals surface area contributed by atoms with Gasteiger partial charge in [-0.25, -0.2) is 4.52 Å². The minimum Gasteiger partial charge on any atom is -0.497 e. The van der Waals surface area contributed by atoms with E-state index in [4.69, 9.17) is 14.6 Å². The molecule has 7 nitrogen and oxygen atoms in total. The highest BCUT2D eigenvalue weighted by atomic mass is 16.5. The number of rotatable bonds is 5. The summed E-state index contributed by atoms with van der Waals surface area (Å²) in [6.45, 7) is 0.329. The Hall–Kier alpha value is -3.58. The second-order valence-corrected chi connectivity index (χ2v) is 7.65. The van der Waals surface area contributed by atoms with Crippen LogP contribution in [0.25, 0.3) is 16.8 Å². The Morgan fingerprint density at radius 2 is 1.77 bits per heavy atom. The highest BCUT2D eigenvalue weighted by molar-refractivity contribution is 5.97. The molecule has 1 aliphatic carbocycles. The SMILES string of the molecule is COCc1nn2c3c(nnc2c1-c1ccc(OC)cc1)C(=O)C[C@@H](c1ccccc1)C3. The first-order chi connectivity index (χ1) is 15.2. The van der Waals surface area contributed by atoms with Crippen LogP contribution in [0.2, 0.25) is 0 Å². The second kappa shape index (κ2) is 7.92. The van der Waals surface area contributed by atoms with Gasteiger partial charge in [0.2, 0.25) is 0 Å². The van der Waals surface area contributed by atoms with Crippen molar-refractivity contribution in [1.82, 2.24) is 19.8 Å². The Labute approximate surface area is 179 Å². The maximum Gasteiger partial charge on any atom is 0.185 e. The van der Waals surface area contributed by atoms with E-state index in [0.29, 0.717) is 30.8 Å². The molecule has 1 atom stereocenters. The summed E-state index contributed by atoms with van der Waals surface area (Å²) in [7, 11) is 3.27. The number of Topliss-reactive ketones (excluding diaryl/α,β-unsaturated/α-hetero) is 1. The monoisotopic (exact) mass is 414 g/mol. The van der Waals surface area contributed by atoms with Crippen molar-refractivity contribution in [3.8, 4) is 16.9 Å². The average Bonchev–Trinajstić information content (AvgIpc) is 3.18. The van der Waals surface area contributed by atoms with Crippen LogP contribution in [-0.2, 0) is 17.8 Å². The van der Waals surface area contributed by atoms with E-state index in [-0.39, 0.29) is 11.7 Å². The minimum atomic E-state index is -0.000655. The van der Waals surface area contributed by atoms with Crippen molar-refractivity contribution < 1.29 is 14.3 Å². The molecule has 5 rings (SSSR count). The number of ether oxygens (including phenoxy) is 2. The quantitative estimate of drug-likeness (QED) is 0.493. The number of carbonyl (C=O) groups is 1. The normalized spacial score (nSPS) is 15.8. The molecule has 0 N–H and O–H groups in total. The molecule has 2 heterocycles. The zero-order valence-electron chi connectivity index (χ0n) is 17.4. The van der Waals surface area contributed by atoms with Gasteiger partial charge in [-0.1, -0.05) is 42.5 Å². The first-order valence-corrected chi connectivity index (χ1v) is 10.2. The molecule has 2 aromatic heterocycles. The van der Waals surface area contributed by atoms with E-state index in [2.05, 4.69) is 22.3 Å². The van der Waals surface area contributed by atoms with E-state index in [1.165, 1.54) is 0 Å². The maximum absolute atomic E-state index is 12.9. The smallest absolute Gasteiger partial charge is 0.185 e. The summed E-state index contributed by atoms with van der Waals surface area (Å²) in [4.78, 5) is 12.9. The van der Waals surface area contributed by atoms with Crippen molar-refractivity contribution in [1.29, 1.82) is 0 Å². The van der Waals surface area contributed by atoms with Gasteiger partial charge in [-0.15, -0.1) is 10.2 Å². The lowest BCUT2D eigenvalue weighted by Gasteiger charge is -2.23. The third-order valence-electron chi connectivity index (χ3n) is 5.77. The Balaban J connectivity index is 1.67. The lowest BCUT2D eigenvalue weighted by atomic mass is 9.83. The van der Waals surface area contributed by atoms with Crippen LogP contribution in [0.15, 0.2) is 54.6 Å². The van der Waals surface area contributed by atoms with E-state index in [1.807, 2.05) is 42.5 Å². The van der Waals surface area contributed by atoms with Gasteiger partial charge in [0.25, 0.3) is 0 Å². The van der Waals surface area contributed by atoms with Gasteiger partial charge < -0.3 is 9.47 Å². The van der Waals surface area contributed by atoms with Crippen molar-refractivity contribution in [2.45, 2.75) is 25.4 Å².